The second-order valence-electron chi connectivity index (χ2n) is 7.27. The lowest BCUT2D eigenvalue weighted by Gasteiger charge is -2.15. The van der Waals surface area contributed by atoms with Crippen molar-refractivity contribution >= 4 is 46.6 Å². The molecule has 4 aromatic rings. The van der Waals surface area contributed by atoms with Crippen LogP contribution < -0.4 is 5.32 Å². The highest BCUT2D eigenvalue weighted by Crippen LogP contribution is 2.31. The van der Waals surface area contributed by atoms with Crippen LogP contribution in [-0.4, -0.2) is 30.9 Å². The maximum atomic E-state index is 12.9. The summed E-state index contributed by atoms with van der Waals surface area (Å²) in [6.45, 7) is 3.93. The summed E-state index contributed by atoms with van der Waals surface area (Å²) in [6.07, 6.45) is 4.38. The fraction of sp³-hybridized carbons (Fsp3) is 0.167. The largest absolute Gasteiger partial charge is 0.324 e. The summed E-state index contributed by atoms with van der Waals surface area (Å²) in [7, 11) is 0. The molecule has 0 aliphatic carbocycles. The van der Waals surface area contributed by atoms with Gasteiger partial charge in [0.05, 0.1) is 16.0 Å². The van der Waals surface area contributed by atoms with E-state index < -0.39 is 5.25 Å². The lowest BCUT2D eigenvalue weighted by molar-refractivity contribution is -0.115. The van der Waals surface area contributed by atoms with Gasteiger partial charge in [-0.05, 0) is 61.4 Å². The minimum atomic E-state index is -0.458. The number of rotatable bonds is 7. The second kappa shape index (κ2) is 10.4. The van der Waals surface area contributed by atoms with Crippen molar-refractivity contribution in [2.45, 2.75) is 30.7 Å². The Labute approximate surface area is 206 Å². The van der Waals surface area contributed by atoms with E-state index in [1.807, 2.05) is 35.8 Å². The van der Waals surface area contributed by atoms with E-state index in [0.717, 1.165) is 17.7 Å². The number of amides is 1. The molecule has 0 spiro atoms. The predicted octanol–water partition coefficient (Wildman–Crippen LogP) is 6.32. The van der Waals surface area contributed by atoms with Gasteiger partial charge in [-0.15, -0.1) is 10.2 Å². The van der Waals surface area contributed by atoms with Crippen molar-refractivity contribution in [2.24, 2.45) is 0 Å². The average molecular weight is 498 g/mol. The van der Waals surface area contributed by atoms with Crippen LogP contribution in [0.5, 0.6) is 0 Å². The molecule has 9 heteroatoms. The van der Waals surface area contributed by atoms with E-state index in [9.17, 15) is 4.79 Å². The first-order valence-electron chi connectivity index (χ1n) is 10.3. The van der Waals surface area contributed by atoms with Gasteiger partial charge in [0.2, 0.25) is 5.91 Å². The molecule has 1 amide bonds. The molecule has 0 fully saturated rings. The van der Waals surface area contributed by atoms with Crippen LogP contribution >= 0.6 is 35.0 Å². The molecule has 33 heavy (non-hydrogen) atoms. The highest BCUT2D eigenvalue weighted by Gasteiger charge is 2.22. The molecule has 1 atom stereocenters. The molecule has 0 radical (unpaired) electrons. The fourth-order valence-electron chi connectivity index (χ4n) is 3.18. The van der Waals surface area contributed by atoms with E-state index in [4.69, 9.17) is 23.2 Å². The minimum absolute atomic E-state index is 0.203. The summed E-state index contributed by atoms with van der Waals surface area (Å²) in [5, 5.41) is 12.7. The zero-order valence-corrected chi connectivity index (χ0v) is 20.3. The number of anilines is 1. The number of pyridine rings is 1. The van der Waals surface area contributed by atoms with Crippen molar-refractivity contribution in [2.75, 3.05) is 5.32 Å². The molecule has 0 saturated carbocycles. The van der Waals surface area contributed by atoms with Crippen LogP contribution in [0.1, 0.15) is 19.4 Å². The van der Waals surface area contributed by atoms with Crippen LogP contribution in [-0.2, 0) is 11.2 Å². The molecule has 0 saturated heterocycles. The Kier molecular flexibility index (Phi) is 7.33. The highest BCUT2D eigenvalue weighted by molar-refractivity contribution is 8.00. The van der Waals surface area contributed by atoms with Gasteiger partial charge in [-0.25, -0.2) is 0 Å². The van der Waals surface area contributed by atoms with E-state index in [1.165, 1.54) is 17.3 Å². The van der Waals surface area contributed by atoms with Gasteiger partial charge in [-0.3, -0.25) is 14.3 Å². The zero-order valence-electron chi connectivity index (χ0n) is 18.0. The molecule has 1 N–H and O–H groups in total. The van der Waals surface area contributed by atoms with Crippen molar-refractivity contribution < 1.29 is 4.79 Å². The second-order valence-corrected chi connectivity index (χ2v) is 9.42. The van der Waals surface area contributed by atoms with E-state index in [-0.39, 0.29) is 5.91 Å². The van der Waals surface area contributed by atoms with Gasteiger partial charge in [0.15, 0.2) is 11.0 Å². The quantitative estimate of drug-likeness (QED) is 0.302. The normalized spacial score (nSPS) is 11.9. The molecule has 6 nitrogen and oxygen atoms in total. The van der Waals surface area contributed by atoms with E-state index in [0.29, 0.717) is 26.7 Å². The van der Waals surface area contributed by atoms with Crippen molar-refractivity contribution in [1.82, 2.24) is 19.7 Å². The third-order valence-corrected chi connectivity index (χ3v) is 6.61. The minimum Gasteiger partial charge on any atom is -0.324 e. The number of benzene rings is 2. The van der Waals surface area contributed by atoms with Gasteiger partial charge < -0.3 is 5.32 Å². The fourth-order valence-corrected chi connectivity index (χ4v) is 4.51. The molecule has 0 aliphatic heterocycles. The highest BCUT2D eigenvalue weighted by atomic mass is 35.5. The summed E-state index contributed by atoms with van der Waals surface area (Å²) in [4.78, 5) is 17.0. The standard InChI is InChI=1S/C24H21Cl2N5OS/c1-3-16-4-7-19(8-5-16)31-22(17-10-12-27-13-11-17)29-30-24(31)33-15(2)23(32)28-21-9-6-18(25)14-20(21)26/h4-15H,3H2,1-2H3,(H,28,32). The first-order chi connectivity index (χ1) is 16.0. The van der Waals surface area contributed by atoms with Gasteiger partial charge >= 0.3 is 0 Å². The third kappa shape index (κ3) is 5.38. The van der Waals surface area contributed by atoms with Crippen LogP contribution in [0.25, 0.3) is 17.1 Å². The van der Waals surface area contributed by atoms with E-state index in [1.54, 1.807) is 30.6 Å². The Bertz CT molecular complexity index is 1260. The van der Waals surface area contributed by atoms with Crippen LogP contribution in [0.15, 0.2) is 72.1 Å². The van der Waals surface area contributed by atoms with Crippen LogP contribution in [0.4, 0.5) is 5.69 Å². The monoisotopic (exact) mass is 497 g/mol. The van der Waals surface area contributed by atoms with Crippen molar-refractivity contribution in [3.8, 4) is 17.1 Å². The number of hydrogen-bond donors (Lipinski definition) is 1. The van der Waals surface area contributed by atoms with Crippen LogP contribution in [0, 0.1) is 0 Å². The number of carbonyl (C=O) groups excluding carboxylic acids is 1. The Morgan fingerprint density at radius 2 is 1.79 bits per heavy atom. The molecule has 1 unspecified atom stereocenters. The molecule has 0 bridgehead atoms. The summed E-state index contributed by atoms with van der Waals surface area (Å²) in [5.41, 5.74) is 3.54. The number of carbonyl (C=O) groups is 1. The molecular weight excluding hydrogens is 477 g/mol. The lowest BCUT2D eigenvalue weighted by Crippen LogP contribution is -2.23. The van der Waals surface area contributed by atoms with Gasteiger partial charge in [0.1, 0.15) is 0 Å². The number of nitrogens with zero attached hydrogens (tertiary/aromatic N) is 4. The summed E-state index contributed by atoms with van der Waals surface area (Å²) in [6, 6.07) is 17.0. The Morgan fingerprint density at radius 1 is 1.06 bits per heavy atom. The average Bonchev–Trinajstić information content (AvgIpc) is 3.24. The number of hydrogen-bond acceptors (Lipinski definition) is 5. The number of nitrogens with one attached hydrogen (secondary N) is 1. The third-order valence-electron chi connectivity index (χ3n) is 5.02. The lowest BCUT2D eigenvalue weighted by atomic mass is 10.1. The SMILES string of the molecule is CCc1ccc(-n2c(SC(C)C(=O)Nc3ccc(Cl)cc3Cl)nnc2-c2ccncc2)cc1. The summed E-state index contributed by atoms with van der Waals surface area (Å²) < 4.78 is 1.96. The Balaban J connectivity index is 1.64. The Hall–Kier alpha value is -2.87. The van der Waals surface area contributed by atoms with Gasteiger partial charge in [-0.2, -0.15) is 0 Å². The molecule has 2 aromatic carbocycles. The zero-order chi connectivity index (χ0) is 23.4. The maximum Gasteiger partial charge on any atom is 0.237 e. The van der Waals surface area contributed by atoms with Gasteiger partial charge in [-0.1, -0.05) is 54.0 Å². The van der Waals surface area contributed by atoms with Crippen LogP contribution in [0.2, 0.25) is 10.0 Å². The summed E-state index contributed by atoms with van der Waals surface area (Å²) >= 11 is 13.5. The number of aryl methyl sites for hydroxylation is 1. The molecule has 2 aromatic heterocycles. The van der Waals surface area contributed by atoms with E-state index in [2.05, 4.69) is 39.6 Å². The number of thioether (sulfide) groups is 1. The first-order valence-corrected chi connectivity index (χ1v) is 12.0. The number of aromatic nitrogens is 4. The molecular formula is C24H21Cl2N5OS. The maximum absolute atomic E-state index is 12.9. The number of halogens is 2. The van der Waals surface area contributed by atoms with Gasteiger partial charge in [0, 0.05) is 28.7 Å². The van der Waals surface area contributed by atoms with Gasteiger partial charge in [0.25, 0.3) is 0 Å². The van der Waals surface area contributed by atoms with Crippen molar-refractivity contribution in [1.29, 1.82) is 0 Å². The molecule has 168 valence electrons. The van der Waals surface area contributed by atoms with E-state index >= 15 is 0 Å². The predicted molar refractivity (Wildman–Crippen MR) is 134 cm³/mol. The Morgan fingerprint density at radius 3 is 2.45 bits per heavy atom. The smallest absolute Gasteiger partial charge is 0.237 e. The first kappa shape index (κ1) is 23.3. The van der Waals surface area contributed by atoms with Crippen molar-refractivity contribution in [3.05, 3.63) is 82.6 Å². The topological polar surface area (TPSA) is 72.7 Å². The molecule has 2 heterocycles. The summed E-state index contributed by atoms with van der Waals surface area (Å²) in [5.74, 6) is 0.475. The van der Waals surface area contributed by atoms with Crippen LogP contribution in [0.3, 0.4) is 0 Å². The molecule has 0 aliphatic rings. The molecule has 4 rings (SSSR count). The van der Waals surface area contributed by atoms with Crippen molar-refractivity contribution in [3.63, 3.8) is 0 Å².